The number of aryl methyl sites for hydroxylation is 1. The number of nitrogens with zero attached hydrogens (tertiary/aromatic N) is 2. The van der Waals surface area contributed by atoms with Crippen LogP contribution in [0.5, 0.6) is 5.75 Å². The predicted octanol–water partition coefficient (Wildman–Crippen LogP) is 1.95. The van der Waals surface area contributed by atoms with Crippen LogP contribution in [0.4, 0.5) is 0 Å². The van der Waals surface area contributed by atoms with Crippen LogP contribution in [0.25, 0.3) is 0 Å². The number of para-hydroxylation sites is 1. The molecule has 2 rings (SSSR count). The third-order valence-electron chi connectivity index (χ3n) is 2.86. The first-order valence-electron chi connectivity index (χ1n) is 6.38. The van der Waals surface area contributed by atoms with Gasteiger partial charge < -0.3 is 15.0 Å². The monoisotopic (exact) mass is 261 g/mol. The second-order valence-corrected chi connectivity index (χ2v) is 4.61. The van der Waals surface area contributed by atoms with E-state index in [1.165, 1.54) is 0 Å². The quantitative estimate of drug-likeness (QED) is 0.860. The maximum Gasteiger partial charge on any atom is 0.226 e. The Hall–Kier alpha value is -1.88. The van der Waals surface area contributed by atoms with Gasteiger partial charge in [-0.05, 0) is 19.4 Å². The molecule has 0 spiro atoms. The molecule has 5 heteroatoms. The van der Waals surface area contributed by atoms with Crippen molar-refractivity contribution in [1.29, 1.82) is 0 Å². The summed E-state index contributed by atoms with van der Waals surface area (Å²) in [5, 5.41) is 3.98. The summed E-state index contributed by atoms with van der Waals surface area (Å²) in [4.78, 5) is 4.36. The zero-order chi connectivity index (χ0) is 13.7. The van der Waals surface area contributed by atoms with Crippen molar-refractivity contribution >= 4 is 0 Å². The van der Waals surface area contributed by atoms with Gasteiger partial charge in [0, 0.05) is 24.4 Å². The Kier molecular flexibility index (Phi) is 4.52. The zero-order valence-electron chi connectivity index (χ0n) is 11.3. The summed E-state index contributed by atoms with van der Waals surface area (Å²) < 4.78 is 10.5. The van der Waals surface area contributed by atoms with E-state index in [9.17, 15) is 0 Å². The van der Waals surface area contributed by atoms with Crippen LogP contribution in [0.15, 0.2) is 28.8 Å². The first kappa shape index (κ1) is 13.5. The van der Waals surface area contributed by atoms with Crippen molar-refractivity contribution in [3.63, 3.8) is 0 Å². The van der Waals surface area contributed by atoms with Crippen LogP contribution in [0.1, 0.15) is 30.6 Å². The van der Waals surface area contributed by atoms with E-state index >= 15 is 0 Å². The van der Waals surface area contributed by atoms with Gasteiger partial charge in [-0.15, -0.1) is 0 Å². The van der Waals surface area contributed by atoms with E-state index in [4.69, 9.17) is 15.0 Å². The van der Waals surface area contributed by atoms with Gasteiger partial charge in [-0.2, -0.15) is 4.98 Å². The van der Waals surface area contributed by atoms with E-state index in [0.29, 0.717) is 18.1 Å². The minimum absolute atomic E-state index is 0.143. The minimum Gasteiger partial charge on any atom is -0.496 e. The van der Waals surface area contributed by atoms with E-state index in [1.807, 2.05) is 31.2 Å². The van der Waals surface area contributed by atoms with E-state index in [0.717, 1.165) is 24.2 Å². The molecule has 1 heterocycles. The van der Waals surface area contributed by atoms with Crippen molar-refractivity contribution < 1.29 is 9.26 Å². The Morgan fingerprint density at radius 3 is 2.89 bits per heavy atom. The Bertz CT molecular complexity index is 523. The number of ether oxygens (including phenoxy) is 1. The number of hydrogen-bond acceptors (Lipinski definition) is 5. The van der Waals surface area contributed by atoms with E-state index in [1.54, 1.807) is 7.11 Å². The average molecular weight is 261 g/mol. The zero-order valence-corrected chi connectivity index (χ0v) is 11.3. The fraction of sp³-hybridized carbons (Fsp3) is 0.429. The third kappa shape index (κ3) is 3.79. The largest absolute Gasteiger partial charge is 0.496 e. The molecule has 0 aliphatic carbocycles. The molecular weight excluding hydrogens is 242 g/mol. The molecule has 0 fully saturated rings. The van der Waals surface area contributed by atoms with Gasteiger partial charge in [-0.1, -0.05) is 23.4 Å². The molecule has 19 heavy (non-hydrogen) atoms. The van der Waals surface area contributed by atoms with Gasteiger partial charge in [0.1, 0.15) is 5.75 Å². The summed E-state index contributed by atoms with van der Waals surface area (Å²) in [6.45, 7) is 1.96. The van der Waals surface area contributed by atoms with Gasteiger partial charge in [0.2, 0.25) is 5.89 Å². The van der Waals surface area contributed by atoms with Crippen molar-refractivity contribution in [2.75, 3.05) is 7.11 Å². The Morgan fingerprint density at radius 2 is 2.16 bits per heavy atom. The minimum atomic E-state index is 0.143. The number of nitrogens with two attached hydrogens (primary N) is 1. The second kappa shape index (κ2) is 6.33. The molecule has 1 unspecified atom stereocenters. The van der Waals surface area contributed by atoms with Crippen molar-refractivity contribution in [1.82, 2.24) is 10.1 Å². The van der Waals surface area contributed by atoms with Crippen LogP contribution in [-0.2, 0) is 12.8 Å². The molecule has 1 aromatic carbocycles. The number of methoxy groups -OCH3 is 1. The first-order chi connectivity index (χ1) is 9.19. The molecule has 5 nitrogen and oxygen atoms in total. The number of benzene rings is 1. The number of aromatic nitrogens is 2. The molecule has 1 atom stereocenters. The van der Waals surface area contributed by atoms with Gasteiger partial charge in [0.15, 0.2) is 5.82 Å². The van der Waals surface area contributed by atoms with Gasteiger partial charge in [0.05, 0.1) is 7.11 Å². The van der Waals surface area contributed by atoms with Crippen molar-refractivity contribution in [3.8, 4) is 5.75 Å². The highest BCUT2D eigenvalue weighted by molar-refractivity contribution is 5.35. The highest BCUT2D eigenvalue weighted by atomic mass is 16.5. The van der Waals surface area contributed by atoms with Crippen molar-refractivity contribution in [2.24, 2.45) is 5.73 Å². The molecule has 1 aromatic heterocycles. The Labute approximate surface area is 112 Å². The molecule has 0 bridgehead atoms. The van der Waals surface area contributed by atoms with Crippen molar-refractivity contribution in [2.45, 2.75) is 32.2 Å². The highest BCUT2D eigenvalue weighted by Crippen LogP contribution is 2.19. The van der Waals surface area contributed by atoms with Crippen LogP contribution < -0.4 is 10.5 Å². The lowest BCUT2D eigenvalue weighted by Gasteiger charge is -2.05. The van der Waals surface area contributed by atoms with Crippen LogP contribution in [0.2, 0.25) is 0 Å². The average Bonchev–Trinajstić information content (AvgIpc) is 2.85. The summed E-state index contributed by atoms with van der Waals surface area (Å²) in [6, 6.07) is 7.97. The lowest BCUT2D eigenvalue weighted by molar-refractivity contribution is 0.367. The van der Waals surface area contributed by atoms with Crippen LogP contribution >= 0.6 is 0 Å². The van der Waals surface area contributed by atoms with E-state index in [-0.39, 0.29) is 6.04 Å². The van der Waals surface area contributed by atoms with E-state index < -0.39 is 0 Å². The molecule has 0 radical (unpaired) electrons. The fourth-order valence-corrected chi connectivity index (χ4v) is 1.83. The SMILES string of the molecule is COc1ccccc1Cc1noc(CCC(C)N)n1. The molecule has 0 aliphatic rings. The predicted molar refractivity (Wildman–Crippen MR) is 72.1 cm³/mol. The maximum atomic E-state index is 5.70. The molecule has 2 aromatic rings. The number of rotatable bonds is 6. The Morgan fingerprint density at radius 1 is 1.37 bits per heavy atom. The number of hydrogen-bond donors (Lipinski definition) is 1. The molecule has 0 saturated carbocycles. The molecule has 2 N–H and O–H groups in total. The molecule has 102 valence electrons. The topological polar surface area (TPSA) is 74.2 Å². The molecule has 0 saturated heterocycles. The maximum absolute atomic E-state index is 5.70. The summed E-state index contributed by atoms with van der Waals surface area (Å²) >= 11 is 0. The second-order valence-electron chi connectivity index (χ2n) is 4.61. The summed E-state index contributed by atoms with van der Waals surface area (Å²) in [5.41, 5.74) is 6.75. The van der Waals surface area contributed by atoms with Crippen molar-refractivity contribution in [3.05, 3.63) is 41.5 Å². The highest BCUT2D eigenvalue weighted by Gasteiger charge is 2.10. The van der Waals surface area contributed by atoms with Crippen LogP contribution in [-0.4, -0.2) is 23.3 Å². The summed E-state index contributed by atoms with van der Waals surface area (Å²) in [6.07, 6.45) is 2.17. The Balaban J connectivity index is 2.03. The standard InChI is InChI=1S/C14H19N3O2/c1-10(15)7-8-14-16-13(17-19-14)9-11-5-3-4-6-12(11)18-2/h3-6,10H,7-9,15H2,1-2H3. The van der Waals surface area contributed by atoms with Crippen LogP contribution in [0.3, 0.4) is 0 Å². The first-order valence-corrected chi connectivity index (χ1v) is 6.38. The lowest BCUT2D eigenvalue weighted by Crippen LogP contribution is -2.15. The summed E-state index contributed by atoms with van der Waals surface area (Å²) in [5.74, 6) is 2.15. The van der Waals surface area contributed by atoms with Gasteiger partial charge in [-0.25, -0.2) is 0 Å². The summed E-state index contributed by atoms with van der Waals surface area (Å²) in [7, 11) is 1.66. The normalized spacial score (nSPS) is 12.4. The van der Waals surface area contributed by atoms with Crippen LogP contribution in [0, 0.1) is 0 Å². The van der Waals surface area contributed by atoms with Gasteiger partial charge in [0.25, 0.3) is 0 Å². The van der Waals surface area contributed by atoms with Gasteiger partial charge in [-0.3, -0.25) is 0 Å². The molecular formula is C14H19N3O2. The molecule has 0 amide bonds. The van der Waals surface area contributed by atoms with E-state index in [2.05, 4.69) is 10.1 Å². The fourth-order valence-electron chi connectivity index (χ4n) is 1.83. The smallest absolute Gasteiger partial charge is 0.226 e. The third-order valence-corrected chi connectivity index (χ3v) is 2.86. The lowest BCUT2D eigenvalue weighted by atomic mass is 10.1. The van der Waals surface area contributed by atoms with Gasteiger partial charge >= 0.3 is 0 Å². The molecule has 0 aliphatic heterocycles.